The number of aliphatic hydroxyl groups excluding tert-OH is 1. The Morgan fingerprint density at radius 2 is 1.48 bits per heavy atom. The summed E-state index contributed by atoms with van der Waals surface area (Å²) in [6.07, 6.45) is 3.75. The predicted molar refractivity (Wildman–Crippen MR) is 88.4 cm³/mol. The van der Waals surface area contributed by atoms with E-state index < -0.39 is 6.10 Å². The van der Waals surface area contributed by atoms with Gasteiger partial charge < -0.3 is 10.4 Å². The summed E-state index contributed by atoms with van der Waals surface area (Å²) in [7, 11) is 0. The van der Waals surface area contributed by atoms with E-state index in [-0.39, 0.29) is 11.9 Å². The largest absolute Gasteiger partial charge is 0.391 e. The SMILES string of the molecule is O[C@@H](CCl)CNC1c2ccccc2C=Cc2ccccc21. The number of halogens is 1. The van der Waals surface area contributed by atoms with Gasteiger partial charge in [0, 0.05) is 12.4 Å². The maximum absolute atomic E-state index is 9.74. The summed E-state index contributed by atoms with van der Waals surface area (Å²) in [5.74, 6) is 0.237. The van der Waals surface area contributed by atoms with E-state index in [1.54, 1.807) is 0 Å². The van der Waals surface area contributed by atoms with Crippen LogP contribution < -0.4 is 5.32 Å². The first kappa shape index (κ1) is 14.3. The van der Waals surface area contributed by atoms with Crippen LogP contribution in [0, 0.1) is 0 Å². The van der Waals surface area contributed by atoms with Crippen LogP contribution in [0.4, 0.5) is 0 Å². The van der Waals surface area contributed by atoms with E-state index in [0.717, 1.165) is 0 Å². The van der Waals surface area contributed by atoms with Crippen LogP contribution >= 0.6 is 11.6 Å². The minimum Gasteiger partial charge on any atom is -0.391 e. The Bertz CT molecular complexity index is 604. The minimum absolute atomic E-state index is 0.0604. The van der Waals surface area contributed by atoms with Gasteiger partial charge in [0.25, 0.3) is 0 Å². The fraction of sp³-hybridized carbons (Fsp3) is 0.222. The zero-order chi connectivity index (χ0) is 14.7. The zero-order valence-electron chi connectivity index (χ0n) is 11.7. The first-order chi connectivity index (χ1) is 10.3. The maximum atomic E-state index is 9.74. The molecule has 2 nitrogen and oxygen atoms in total. The standard InChI is InChI=1S/C18H18ClNO/c19-11-15(21)12-20-18-16-7-3-1-5-13(16)9-10-14-6-2-4-8-17(14)18/h1-10,15,18,20-21H,11-12H2/t15-/m0/s1. The van der Waals surface area contributed by atoms with Gasteiger partial charge in [-0.2, -0.15) is 0 Å². The molecule has 0 aliphatic heterocycles. The van der Waals surface area contributed by atoms with Crippen molar-refractivity contribution in [1.29, 1.82) is 0 Å². The van der Waals surface area contributed by atoms with E-state index in [1.807, 2.05) is 24.3 Å². The van der Waals surface area contributed by atoms with Crippen LogP contribution in [0.2, 0.25) is 0 Å². The molecule has 21 heavy (non-hydrogen) atoms. The summed E-state index contributed by atoms with van der Waals surface area (Å²) < 4.78 is 0. The summed E-state index contributed by atoms with van der Waals surface area (Å²) in [5, 5.41) is 13.2. The third-order valence-corrected chi connectivity index (χ3v) is 4.15. The quantitative estimate of drug-likeness (QED) is 0.848. The maximum Gasteiger partial charge on any atom is 0.0799 e. The van der Waals surface area contributed by atoms with E-state index in [1.165, 1.54) is 22.3 Å². The highest BCUT2D eigenvalue weighted by molar-refractivity contribution is 6.18. The lowest BCUT2D eigenvalue weighted by Gasteiger charge is -2.23. The molecule has 0 fully saturated rings. The lowest BCUT2D eigenvalue weighted by Crippen LogP contribution is -2.32. The van der Waals surface area contributed by atoms with E-state index in [2.05, 4.69) is 41.7 Å². The molecule has 3 rings (SSSR count). The van der Waals surface area contributed by atoms with Gasteiger partial charge in [-0.15, -0.1) is 11.6 Å². The summed E-state index contributed by atoms with van der Waals surface area (Å²) in [5.41, 5.74) is 4.85. The molecule has 3 heteroatoms. The van der Waals surface area contributed by atoms with Crippen LogP contribution in [-0.2, 0) is 0 Å². The van der Waals surface area contributed by atoms with Crippen molar-refractivity contribution in [3.63, 3.8) is 0 Å². The van der Waals surface area contributed by atoms with Crippen molar-refractivity contribution in [3.05, 3.63) is 70.8 Å². The molecule has 0 spiro atoms. The molecular weight excluding hydrogens is 282 g/mol. The summed E-state index contributed by atoms with van der Waals surface area (Å²) >= 11 is 5.70. The van der Waals surface area contributed by atoms with Crippen molar-refractivity contribution in [2.24, 2.45) is 0 Å². The van der Waals surface area contributed by atoms with Crippen LogP contribution in [-0.4, -0.2) is 23.6 Å². The highest BCUT2D eigenvalue weighted by atomic mass is 35.5. The monoisotopic (exact) mass is 299 g/mol. The summed E-state index contributed by atoms with van der Waals surface area (Å²) in [6, 6.07) is 16.7. The lowest BCUT2D eigenvalue weighted by molar-refractivity contribution is 0.191. The van der Waals surface area contributed by atoms with E-state index >= 15 is 0 Å². The molecule has 0 heterocycles. The van der Waals surface area contributed by atoms with Crippen molar-refractivity contribution in [3.8, 4) is 0 Å². The van der Waals surface area contributed by atoms with Gasteiger partial charge in [-0.25, -0.2) is 0 Å². The highest BCUT2D eigenvalue weighted by Gasteiger charge is 2.21. The topological polar surface area (TPSA) is 32.3 Å². The number of fused-ring (bicyclic) bond motifs is 2. The first-order valence-corrected chi connectivity index (χ1v) is 7.66. The van der Waals surface area contributed by atoms with Crippen LogP contribution in [0.1, 0.15) is 28.3 Å². The van der Waals surface area contributed by atoms with Crippen LogP contribution in [0.5, 0.6) is 0 Å². The Morgan fingerprint density at radius 1 is 0.952 bits per heavy atom. The number of rotatable bonds is 4. The van der Waals surface area contributed by atoms with Gasteiger partial charge in [0.2, 0.25) is 0 Å². The molecule has 1 aliphatic carbocycles. The highest BCUT2D eigenvalue weighted by Crippen LogP contribution is 2.32. The smallest absolute Gasteiger partial charge is 0.0799 e. The Morgan fingerprint density at radius 3 is 2.00 bits per heavy atom. The molecule has 0 radical (unpaired) electrons. The summed E-state index contributed by atoms with van der Waals surface area (Å²) in [4.78, 5) is 0. The van der Waals surface area contributed by atoms with Crippen molar-refractivity contribution in [2.45, 2.75) is 12.1 Å². The second kappa shape index (κ2) is 6.44. The van der Waals surface area contributed by atoms with Crippen molar-refractivity contribution in [2.75, 3.05) is 12.4 Å². The molecule has 2 aromatic carbocycles. The van der Waals surface area contributed by atoms with Crippen LogP contribution in [0.3, 0.4) is 0 Å². The molecule has 108 valence electrons. The molecule has 0 saturated carbocycles. The number of benzene rings is 2. The van der Waals surface area contributed by atoms with Gasteiger partial charge in [-0.1, -0.05) is 60.7 Å². The average molecular weight is 300 g/mol. The van der Waals surface area contributed by atoms with E-state index in [9.17, 15) is 5.11 Å². The molecule has 1 aliphatic rings. The predicted octanol–water partition coefficient (Wildman–Crippen LogP) is 3.45. The lowest BCUT2D eigenvalue weighted by atomic mass is 9.94. The Labute approximate surface area is 130 Å². The third-order valence-electron chi connectivity index (χ3n) is 3.79. The Balaban J connectivity index is 2.02. The third kappa shape index (κ3) is 3.03. The summed E-state index contributed by atoms with van der Waals surface area (Å²) in [6.45, 7) is 0.469. The van der Waals surface area contributed by atoms with Gasteiger partial charge in [0.15, 0.2) is 0 Å². The first-order valence-electron chi connectivity index (χ1n) is 7.13. The van der Waals surface area contributed by atoms with Crippen molar-refractivity contribution >= 4 is 23.8 Å². The fourth-order valence-electron chi connectivity index (χ4n) is 2.73. The average Bonchev–Trinajstić information content (AvgIpc) is 2.69. The molecule has 0 amide bonds. The number of hydrogen-bond donors (Lipinski definition) is 2. The number of nitrogens with one attached hydrogen (secondary N) is 1. The molecule has 0 bridgehead atoms. The second-order valence-corrected chi connectivity index (χ2v) is 5.55. The van der Waals surface area contributed by atoms with Crippen molar-refractivity contribution < 1.29 is 5.11 Å². The van der Waals surface area contributed by atoms with Crippen LogP contribution in [0.15, 0.2) is 48.5 Å². The normalized spacial score (nSPS) is 15.1. The molecule has 0 saturated heterocycles. The zero-order valence-corrected chi connectivity index (χ0v) is 12.4. The van der Waals surface area contributed by atoms with Gasteiger partial charge in [0.1, 0.15) is 0 Å². The number of alkyl halides is 1. The molecule has 0 aromatic heterocycles. The van der Waals surface area contributed by atoms with Crippen molar-refractivity contribution in [1.82, 2.24) is 5.32 Å². The van der Waals surface area contributed by atoms with Gasteiger partial charge in [-0.05, 0) is 22.3 Å². The van der Waals surface area contributed by atoms with Crippen LogP contribution in [0.25, 0.3) is 12.2 Å². The Hall–Kier alpha value is -1.61. The van der Waals surface area contributed by atoms with E-state index in [4.69, 9.17) is 11.6 Å². The van der Waals surface area contributed by atoms with E-state index in [0.29, 0.717) is 6.54 Å². The number of hydrogen-bond acceptors (Lipinski definition) is 2. The van der Waals surface area contributed by atoms with Gasteiger partial charge in [0.05, 0.1) is 12.1 Å². The molecule has 0 unspecified atom stereocenters. The fourth-order valence-corrected chi connectivity index (χ4v) is 2.84. The second-order valence-electron chi connectivity index (χ2n) is 5.24. The van der Waals surface area contributed by atoms with Gasteiger partial charge in [-0.3, -0.25) is 0 Å². The van der Waals surface area contributed by atoms with Gasteiger partial charge >= 0.3 is 0 Å². The molecule has 2 N–H and O–H groups in total. The Kier molecular flexibility index (Phi) is 4.39. The molecular formula is C18H18ClNO. The molecule has 1 atom stereocenters. The molecule has 2 aromatic rings. The number of aliphatic hydroxyl groups is 1. The minimum atomic E-state index is -0.540.